The van der Waals surface area contributed by atoms with E-state index >= 15 is 0 Å². The molecule has 0 saturated heterocycles. The summed E-state index contributed by atoms with van der Waals surface area (Å²) in [7, 11) is 1.54. The molecule has 1 aromatic carbocycles. The zero-order chi connectivity index (χ0) is 28.1. The van der Waals surface area contributed by atoms with Crippen molar-refractivity contribution in [2.75, 3.05) is 0 Å². The number of aryl methyl sites for hydroxylation is 2. The molecule has 3 aromatic heterocycles. The number of thiophene rings is 1. The maximum Gasteiger partial charge on any atom is 0.368 e. The number of carbonyl (C=O) groups excluding carboxylic acids is 2. The summed E-state index contributed by atoms with van der Waals surface area (Å²) in [6, 6.07) is 8.83. The van der Waals surface area contributed by atoms with Crippen LogP contribution in [0.1, 0.15) is 88.6 Å². The smallest absolute Gasteiger partial charge is 0.347 e. The first kappa shape index (κ1) is 27.8. The zero-order valence-corrected chi connectivity index (χ0v) is 23.5. The number of hydrogen-bond acceptors (Lipinski definition) is 8. The molecule has 2 N–H and O–H groups in total. The van der Waals surface area contributed by atoms with E-state index in [0.29, 0.717) is 24.6 Å². The Morgan fingerprint density at radius 2 is 1.82 bits per heavy atom. The Bertz CT molecular complexity index is 1540. The third-order valence-electron chi connectivity index (χ3n) is 6.30. The van der Waals surface area contributed by atoms with Gasteiger partial charge < -0.3 is 10.6 Å². The fourth-order valence-corrected chi connectivity index (χ4v) is 5.19. The highest BCUT2D eigenvalue weighted by Crippen LogP contribution is 2.32. The number of amides is 2. The predicted molar refractivity (Wildman–Crippen MR) is 148 cm³/mol. The summed E-state index contributed by atoms with van der Waals surface area (Å²) in [5, 5.41) is 15.5. The second-order valence-corrected chi connectivity index (χ2v) is 10.2. The first-order valence-electron chi connectivity index (χ1n) is 12.9. The SMILES string of the molecule is CC.CC(C)c1cc(CNC(=O)c2cc(C(=O)NC3CCc4cc(-n5nnn(C)c5=O)ccc43)ncn2)cs1. The predicted octanol–water partition coefficient (Wildman–Crippen LogP) is 3.31. The van der Waals surface area contributed by atoms with Gasteiger partial charge in [0, 0.05) is 24.5 Å². The molecule has 0 radical (unpaired) electrons. The lowest BCUT2D eigenvalue weighted by Gasteiger charge is -2.14. The van der Waals surface area contributed by atoms with Gasteiger partial charge in [0.1, 0.15) is 17.7 Å². The second kappa shape index (κ2) is 12.1. The van der Waals surface area contributed by atoms with Crippen molar-refractivity contribution >= 4 is 23.2 Å². The van der Waals surface area contributed by atoms with E-state index < -0.39 is 0 Å². The van der Waals surface area contributed by atoms with Crippen molar-refractivity contribution in [2.45, 2.75) is 59.0 Å². The highest BCUT2D eigenvalue weighted by atomic mass is 32.1. The Morgan fingerprint density at radius 3 is 2.49 bits per heavy atom. The summed E-state index contributed by atoms with van der Waals surface area (Å²) in [5.41, 5.74) is 3.57. The van der Waals surface area contributed by atoms with Crippen LogP contribution in [0, 0.1) is 0 Å². The highest BCUT2D eigenvalue weighted by molar-refractivity contribution is 7.10. The number of rotatable bonds is 7. The van der Waals surface area contributed by atoms with Crippen LogP contribution in [0.2, 0.25) is 0 Å². The largest absolute Gasteiger partial charge is 0.368 e. The highest BCUT2D eigenvalue weighted by Gasteiger charge is 2.26. The van der Waals surface area contributed by atoms with Crippen LogP contribution >= 0.6 is 11.3 Å². The van der Waals surface area contributed by atoms with Crippen LogP contribution in [0.3, 0.4) is 0 Å². The molecule has 0 spiro atoms. The van der Waals surface area contributed by atoms with E-state index in [4.69, 9.17) is 0 Å². The van der Waals surface area contributed by atoms with Gasteiger partial charge in [-0.15, -0.1) is 11.3 Å². The normalized spacial score (nSPS) is 13.9. The van der Waals surface area contributed by atoms with Crippen molar-refractivity contribution in [3.8, 4) is 5.69 Å². The number of tetrazole rings is 1. The molecular formula is C27H32N8O3S. The van der Waals surface area contributed by atoms with Crippen LogP contribution in [0.5, 0.6) is 0 Å². The summed E-state index contributed by atoms with van der Waals surface area (Å²) in [6.45, 7) is 8.64. The Balaban J connectivity index is 0.00000172. The van der Waals surface area contributed by atoms with Gasteiger partial charge in [0.25, 0.3) is 11.8 Å². The van der Waals surface area contributed by atoms with Crippen molar-refractivity contribution in [1.82, 2.24) is 40.4 Å². The number of carbonyl (C=O) groups is 2. The fraction of sp³-hybridized carbons (Fsp3) is 0.370. The van der Waals surface area contributed by atoms with Gasteiger partial charge in [-0.05, 0) is 69.5 Å². The number of hydrogen-bond donors (Lipinski definition) is 2. The lowest BCUT2D eigenvalue weighted by atomic mass is 10.1. The van der Waals surface area contributed by atoms with Gasteiger partial charge >= 0.3 is 5.69 Å². The van der Waals surface area contributed by atoms with Crippen molar-refractivity contribution in [1.29, 1.82) is 0 Å². The molecule has 1 aliphatic carbocycles. The summed E-state index contributed by atoms with van der Waals surface area (Å²) in [5.74, 6) is -0.316. The van der Waals surface area contributed by atoms with Gasteiger partial charge in [0.2, 0.25) is 0 Å². The third-order valence-corrected chi connectivity index (χ3v) is 7.59. The molecular weight excluding hydrogens is 516 g/mol. The summed E-state index contributed by atoms with van der Waals surface area (Å²) in [4.78, 5) is 47.1. The topological polar surface area (TPSA) is 137 Å². The van der Waals surface area contributed by atoms with E-state index in [1.165, 1.54) is 22.0 Å². The minimum Gasteiger partial charge on any atom is -0.347 e. The maximum atomic E-state index is 13.0. The quantitative estimate of drug-likeness (QED) is 0.361. The van der Waals surface area contributed by atoms with Gasteiger partial charge in [-0.1, -0.05) is 33.8 Å². The number of nitrogens with zero attached hydrogens (tertiary/aromatic N) is 6. The molecule has 0 fully saturated rings. The standard InChI is InChI=1S/C25H26N8O3S.C2H6/c1-14(2)22-8-15(12-37-22)11-26-23(34)20-10-21(28-13-27-20)24(35)29-19-7-4-16-9-17(5-6-18(16)19)33-25(36)32(3)30-31-33;1-2/h5-6,8-10,12-14,19H,4,7,11H2,1-3H3,(H,26,34)(H,29,35);1-2H3. The molecule has 2 amide bonds. The van der Waals surface area contributed by atoms with Crippen LogP contribution in [0.25, 0.3) is 5.69 Å². The molecule has 204 valence electrons. The number of benzene rings is 1. The van der Waals surface area contributed by atoms with Crippen molar-refractivity contribution in [2.24, 2.45) is 7.05 Å². The van der Waals surface area contributed by atoms with Crippen LogP contribution in [0.4, 0.5) is 0 Å². The molecule has 11 nitrogen and oxygen atoms in total. The number of fused-ring (bicyclic) bond motifs is 1. The average molecular weight is 549 g/mol. The lowest BCUT2D eigenvalue weighted by molar-refractivity contribution is 0.0931. The molecule has 4 aromatic rings. The van der Waals surface area contributed by atoms with Crippen LogP contribution in [-0.4, -0.2) is 41.6 Å². The van der Waals surface area contributed by atoms with E-state index in [1.807, 2.05) is 31.4 Å². The van der Waals surface area contributed by atoms with Crippen molar-refractivity contribution < 1.29 is 9.59 Å². The monoisotopic (exact) mass is 548 g/mol. The Kier molecular flexibility index (Phi) is 8.65. The molecule has 1 unspecified atom stereocenters. The first-order chi connectivity index (χ1) is 18.8. The van der Waals surface area contributed by atoms with E-state index in [-0.39, 0.29) is 34.9 Å². The molecule has 3 heterocycles. The van der Waals surface area contributed by atoms with Gasteiger partial charge in [-0.3, -0.25) is 9.59 Å². The number of nitrogens with one attached hydrogen (secondary N) is 2. The lowest BCUT2D eigenvalue weighted by Crippen LogP contribution is -2.29. The molecule has 12 heteroatoms. The van der Waals surface area contributed by atoms with E-state index in [0.717, 1.165) is 27.8 Å². The molecule has 1 atom stereocenters. The fourth-order valence-electron chi connectivity index (χ4n) is 4.26. The van der Waals surface area contributed by atoms with Crippen LogP contribution in [0.15, 0.2) is 46.8 Å². The minimum absolute atomic E-state index is 0.119. The van der Waals surface area contributed by atoms with Crippen molar-refractivity contribution in [3.63, 3.8) is 0 Å². The van der Waals surface area contributed by atoms with Gasteiger partial charge in [-0.2, -0.15) is 9.36 Å². The first-order valence-corrected chi connectivity index (χ1v) is 13.8. The molecule has 5 rings (SSSR count). The van der Waals surface area contributed by atoms with E-state index in [9.17, 15) is 14.4 Å². The third kappa shape index (κ3) is 6.11. The van der Waals surface area contributed by atoms with E-state index in [2.05, 4.69) is 50.9 Å². The summed E-state index contributed by atoms with van der Waals surface area (Å²) >= 11 is 1.67. The summed E-state index contributed by atoms with van der Waals surface area (Å²) < 4.78 is 2.40. The second-order valence-electron chi connectivity index (χ2n) is 9.23. The maximum absolute atomic E-state index is 13.0. The molecule has 0 bridgehead atoms. The Labute approximate surface area is 230 Å². The van der Waals surface area contributed by atoms with Gasteiger partial charge in [0.15, 0.2) is 0 Å². The van der Waals surface area contributed by atoms with Crippen LogP contribution < -0.4 is 16.3 Å². The molecule has 39 heavy (non-hydrogen) atoms. The van der Waals surface area contributed by atoms with Gasteiger partial charge in [-0.25, -0.2) is 14.8 Å². The molecule has 0 saturated carbocycles. The Hall–Kier alpha value is -4.19. The van der Waals surface area contributed by atoms with Gasteiger partial charge in [0.05, 0.1) is 11.7 Å². The molecule has 0 aliphatic heterocycles. The zero-order valence-electron chi connectivity index (χ0n) is 22.6. The Morgan fingerprint density at radius 1 is 1.08 bits per heavy atom. The summed E-state index contributed by atoms with van der Waals surface area (Å²) in [6.07, 6.45) is 2.66. The number of aromatic nitrogens is 6. The average Bonchev–Trinajstić information content (AvgIpc) is 3.68. The van der Waals surface area contributed by atoms with Crippen molar-refractivity contribution in [3.05, 3.63) is 85.5 Å². The minimum atomic E-state index is -0.386. The van der Waals surface area contributed by atoms with Crippen LogP contribution in [-0.2, 0) is 20.0 Å². The van der Waals surface area contributed by atoms with E-state index in [1.54, 1.807) is 24.5 Å². The molecule has 1 aliphatic rings.